The van der Waals surface area contributed by atoms with E-state index in [1.165, 1.54) is 24.3 Å². The zero-order chi connectivity index (χ0) is 24.7. The molecule has 182 valence electrons. The summed E-state index contributed by atoms with van der Waals surface area (Å²) < 4.78 is 21.1. The van der Waals surface area contributed by atoms with E-state index < -0.39 is 60.1 Å². The van der Waals surface area contributed by atoms with Gasteiger partial charge in [-0.05, 0) is 17.7 Å². The highest BCUT2D eigenvalue weighted by Crippen LogP contribution is 2.43. The van der Waals surface area contributed by atoms with Crippen LogP contribution in [0.15, 0.2) is 30.3 Å². The number of rotatable bonds is 4. The summed E-state index contributed by atoms with van der Waals surface area (Å²) in [5, 5.41) is 59.9. The zero-order valence-electron chi connectivity index (χ0n) is 17.7. The highest BCUT2D eigenvalue weighted by atomic mass is 16.7. The highest BCUT2D eigenvalue weighted by molar-refractivity contribution is 6.02. The molecule has 34 heavy (non-hydrogen) atoms. The summed E-state index contributed by atoms with van der Waals surface area (Å²) in [6.45, 7) is 0. The van der Waals surface area contributed by atoms with Gasteiger partial charge in [0, 0.05) is 12.1 Å². The van der Waals surface area contributed by atoms with Crippen LogP contribution in [-0.4, -0.2) is 80.2 Å². The third-order valence-electron chi connectivity index (χ3n) is 5.60. The van der Waals surface area contributed by atoms with Gasteiger partial charge in [-0.2, -0.15) is 0 Å². The molecule has 1 fully saturated rings. The van der Waals surface area contributed by atoms with Crippen LogP contribution in [0.2, 0.25) is 0 Å². The van der Waals surface area contributed by atoms with E-state index in [-0.39, 0.29) is 29.2 Å². The summed E-state index contributed by atoms with van der Waals surface area (Å²) in [5.74, 6) is -2.91. The minimum absolute atomic E-state index is 0.0702. The van der Waals surface area contributed by atoms with Crippen LogP contribution < -0.4 is 9.47 Å². The van der Waals surface area contributed by atoms with Crippen molar-refractivity contribution in [1.82, 2.24) is 0 Å². The lowest BCUT2D eigenvalue weighted by Gasteiger charge is -2.39. The Morgan fingerprint density at radius 2 is 1.71 bits per heavy atom. The number of ketones is 1. The largest absolute Gasteiger partial charge is 0.507 e. The number of Topliss-reactive ketones (excluding diaryl/α,β-unsaturated/α-hetero) is 1. The Morgan fingerprint density at radius 1 is 0.971 bits per heavy atom. The van der Waals surface area contributed by atoms with Crippen LogP contribution in [0.4, 0.5) is 0 Å². The lowest BCUT2D eigenvalue weighted by atomic mass is 9.95. The van der Waals surface area contributed by atoms with Crippen molar-refractivity contribution in [3.63, 3.8) is 0 Å². The first-order chi connectivity index (χ1) is 16.1. The van der Waals surface area contributed by atoms with Gasteiger partial charge in [0.05, 0.1) is 13.5 Å². The molecular weight excluding hydrogens is 456 g/mol. The second kappa shape index (κ2) is 8.99. The molecule has 2 aromatic carbocycles. The van der Waals surface area contributed by atoms with Gasteiger partial charge in [0.2, 0.25) is 6.29 Å². The van der Waals surface area contributed by atoms with Crippen LogP contribution in [-0.2, 0) is 14.3 Å². The van der Waals surface area contributed by atoms with Gasteiger partial charge in [0.25, 0.3) is 0 Å². The molecule has 2 aliphatic heterocycles. The van der Waals surface area contributed by atoms with Crippen LogP contribution >= 0.6 is 0 Å². The zero-order valence-corrected chi connectivity index (χ0v) is 17.7. The summed E-state index contributed by atoms with van der Waals surface area (Å²) in [5.41, 5.74) is 0.281. The van der Waals surface area contributed by atoms with Crippen LogP contribution in [0, 0.1) is 0 Å². The number of esters is 1. The molecule has 1 unspecified atom stereocenters. The lowest BCUT2D eigenvalue weighted by Crippen LogP contribution is -2.61. The maximum absolute atomic E-state index is 12.7. The molecule has 12 nitrogen and oxygen atoms in total. The van der Waals surface area contributed by atoms with E-state index in [9.17, 15) is 40.2 Å². The second-order valence-electron chi connectivity index (χ2n) is 7.84. The van der Waals surface area contributed by atoms with Gasteiger partial charge < -0.3 is 49.6 Å². The minimum atomic E-state index is -1.81. The number of phenols is 3. The van der Waals surface area contributed by atoms with Crippen molar-refractivity contribution in [2.75, 3.05) is 7.11 Å². The van der Waals surface area contributed by atoms with E-state index in [1.807, 2.05) is 0 Å². The summed E-state index contributed by atoms with van der Waals surface area (Å²) in [6.07, 6.45) is -9.66. The quantitative estimate of drug-likeness (QED) is 0.252. The average Bonchev–Trinajstić information content (AvgIpc) is 2.80. The lowest BCUT2D eigenvalue weighted by molar-refractivity contribution is -0.271. The number of ether oxygens (including phenoxy) is 4. The number of methoxy groups -OCH3 is 1. The topological polar surface area (TPSA) is 192 Å². The Kier molecular flexibility index (Phi) is 6.23. The highest BCUT2D eigenvalue weighted by Gasteiger charge is 2.48. The molecule has 12 heteroatoms. The molecule has 0 aromatic heterocycles. The van der Waals surface area contributed by atoms with Gasteiger partial charge in [-0.15, -0.1) is 0 Å². The van der Waals surface area contributed by atoms with E-state index >= 15 is 0 Å². The molecule has 0 radical (unpaired) electrons. The first-order valence-electron chi connectivity index (χ1n) is 10.1. The monoisotopic (exact) mass is 478 g/mol. The summed E-state index contributed by atoms with van der Waals surface area (Å²) in [6, 6.07) is 6.24. The van der Waals surface area contributed by atoms with Gasteiger partial charge in [0.15, 0.2) is 23.4 Å². The smallest absolute Gasteiger partial charge is 0.337 e. The summed E-state index contributed by atoms with van der Waals surface area (Å²) in [4.78, 5) is 24.5. The van der Waals surface area contributed by atoms with E-state index in [4.69, 9.17) is 14.2 Å². The molecule has 6 atom stereocenters. The molecule has 0 bridgehead atoms. The van der Waals surface area contributed by atoms with E-state index in [1.54, 1.807) is 0 Å². The number of benzene rings is 2. The third-order valence-corrected chi connectivity index (χ3v) is 5.60. The first kappa shape index (κ1) is 23.6. The van der Waals surface area contributed by atoms with E-state index in [0.717, 1.165) is 13.2 Å². The Labute approximate surface area is 192 Å². The van der Waals surface area contributed by atoms with Gasteiger partial charge in [-0.3, -0.25) is 4.79 Å². The van der Waals surface area contributed by atoms with Gasteiger partial charge in [-0.25, -0.2) is 4.79 Å². The molecule has 1 saturated heterocycles. The molecular formula is C22H22O12. The first-order valence-corrected chi connectivity index (χ1v) is 10.1. The molecule has 4 rings (SSSR count). The fourth-order valence-corrected chi connectivity index (χ4v) is 3.80. The van der Waals surface area contributed by atoms with Crippen LogP contribution in [0.3, 0.4) is 0 Å². The van der Waals surface area contributed by atoms with Gasteiger partial charge >= 0.3 is 5.97 Å². The molecule has 2 aliphatic rings. The number of aliphatic hydroxyl groups excluding tert-OH is 3. The number of fused-ring (bicyclic) bond motifs is 1. The Bertz CT molecular complexity index is 1120. The van der Waals surface area contributed by atoms with Crippen molar-refractivity contribution in [2.45, 2.75) is 43.2 Å². The Morgan fingerprint density at radius 3 is 2.38 bits per heavy atom. The fraction of sp³-hybridized carbons (Fsp3) is 0.364. The van der Waals surface area contributed by atoms with Crippen molar-refractivity contribution < 1.29 is 59.2 Å². The summed E-state index contributed by atoms with van der Waals surface area (Å²) in [7, 11) is 1.05. The van der Waals surface area contributed by atoms with E-state index in [2.05, 4.69) is 4.74 Å². The number of aromatic hydroxyl groups is 3. The van der Waals surface area contributed by atoms with Crippen molar-refractivity contribution >= 4 is 11.8 Å². The number of carbonyl (C=O) groups excluding carboxylic acids is 2. The normalized spacial score (nSPS) is 28.5. The van der Waals surface area contributed by atoms with Crippen molar-refractivity contribution in [2.24, 2.45) is 0 Å². The molecule has 0 aliphatic carbocycles. The van der Waals surface area contributed by atoms with Crippen molar-refractivity contribution in [3.8, 4) is 28.7 Å². The van der Waals surface area contributed by atoms with Gasteiger partial charge in [0.1, 0.15) is 47.2 Å². The van der Waals surface area contributed by atoms with E-state index in [0.29, 0.717) is 5.56 Å². The Balaban J connectivity index is 1.60. The molecule has 0 amide bonds. The minimum Gasteiger partial charge on any atom is -0.507 e. The molecule has 6 N–H and O–H groups in total. The Hall–Kier alpha value is -3.58. The number of aliphatic hydroxyl groups is 3. The third kappa shape index (κ3) is 4.19. The fourth-order valence-electron chi connectivity index (χ4n) is 3.80. The predicted octanol–water partition coefficient (Wildman–Crippen LogP) is -0.131. The predicted molar refractivity (Wildman–Crippen MR) is 110 cm³/mol. The maximum Gasteiger partial charge on any atom is 0.337 e. The average molecular weight is 478 g/mol. The molecule has 0 spiro atoms. The van der Waals surface area contributed by atoms with Crippen molar-refractivity contribution in [3.05, 3.63) is 41.5 Å². The van der Waals surface area contributed by atoms with Crippen LogP contribution in [0.5, 0.6) is 28.7 Å². The standard InChI is InChI=1S/C22H22O12/c1-31-21(30)20-18(28)17(27)19(29)22(34-20)32-9-5-12(25)16-13(26)7-14(33-15(16)6-9)8-2-3-10(23)11(24)4-8/h2-6,14,17-20,22-25,27-29H,7H2,1H3/t14?,17-,18-,19+,20-,22+/m0/s1. The SMILES string of the molecule is COC(=O)[C@H]1O[C@@H](Oc2cc(O)c3c(c2)OC(c2ccc(O)c(O)c2)CC3=O)[C@H](O)[C@@H](O)[C@@H]1O. The number of carbonyl (C=O) groups is 2. The molecule has 2 heterocycles. The number of phenolic OH excluding ortho intramolecular Hbond substituents is 3. The van der Waals surface area contributed by atoms with Crippen LogP contribution in [0.1, 0.15) is 28.4 Å². The van der Waals surface area contributed by atoms with Crippen molar-refractivity contribution in [1.29, 1.82) is 0 Å². The maximum atomic E-state index is 12.7. The van der Waals surface area contributed by atoms with Gasteiger partial charge in [-0.1, -0.05) is 6.07 Å². The number of hydrogen-bond acceptors (Lipinski definition) is 12. The molecule has 2 aromatic rings. The number of hydrogen-bond donors (Lipinski definition) is 6. The molecule has 0 saturated carbocycles. The second-order valence-corrected chi connectivity index (χ2v) is 7.84. The van der Waals surface area contributed by atoms with Crippen LogP contribution in [0.25, 0.3) is 0 Å². The summed E-state index contributed by atoms with van der Waals surface area (Å²) >= 11 is 0.